The molecule has 3 atom stereocenters. The maximum absolute atomic E-state index is 12.5. The molecule has 1 aliphatic rings. The SMILES string of the molecule is C/C=C/[C@@](C)(C(=O)OC)[C@H]1O[C@@H](C(C)C)OCc2ccccc21. The number of methoxy groups -OCH3 is 1. The second-order valence-electron chi connectivity index (χ2n) is 6.41. The van der Waals surface area contributed by atoms with E-state index in [0.717, 1.165) is 11.1 Å². The quantitative estimate of drug-likeness (QED) is 0.621. The summed E-state index contributed by atoms with van der Waals surface area (Å²) in [6.45, 7) is 8.30. The number of benzene rings is 1. The molecule has 1 aliphatic heterocycles. The molecule has 0 aliphatic carbocycles. The average Bonchev–Trinajstić information content (AvgIpc) is 2.74. The van der Waals surface area contributed by atoms with E-state index in [-0.39, 0.29) is 18.2 Å². The summed E-state index contributed by atoms with van der Waals surface area (Å²) in [5.41, 5.74) is 1.10. The first-order valence-electron chi connectivity index (χ1n) is 8.01. The lowest BCUT2D eigenvalue weighted by Gasteiger charge is -2.35. The third kappa shape index (κ3) is 3.48. The van der Waals surface area contributed by atoms with Gasteiger partial charge in [0.1, 0.15) is 11.5 Å². The Balaban J connectivity index is 2.55. The van der Waals surface area contributed by atoms with Gasteiger partial charge in [-0.15, -0.1) is 0 Å². The molecule has 0 aromatic heterocycles. The standard InChI is InChI=1S/C19H26O4/c1-6-11-19(4,18(20)21-5)16-15-10-8-7-9-14(15)12-22-17(23-16)13(2)3/h6-11,13,16-17H,12H2,1-5H3/b11-6+/t16-,17-,19+/m0/s1. The number of allylic oxidation sites excluding steroid dienone is 1. The van der Waals surface area contributed by atoms with E-state index in [0.29, 0.717) is 6.61 Å². The molecule has 126 valence electrons. The first-order valence-corrected chi connectivity index (χ1v) is 8.01. The van der Waals surface area contributed by atoms with Crippen molar-refractivity contribution in [3.05, 3.63) is 47.5 Å². The van der Waals surface area contributed by atoms with Crippen molar-refractivity contribution in [2.45, 2.75) is 46.7 Å². The Morgan fingerprint density at radius 3 is 2.70 bits per heavy atom. The number of carbonyl (C=O) groups is 1. The first kappa shape index (κ1) is 17.7. The van der Waals surface area contributed by atoms with E-state index in [9.17, 15) is 4.79 Å². The largest absolute Gasteiger partial charge is 0.468 e. The van der Waals surface area contributed by atoms with Crippen molar-refractivity contribution in [3.8, 4) is 0 Å². The summed E-state index contributed by atoms with van der Waals surface area (Å²) < 4.78 is 17.2. The highest BCUT2D eigenvalue weighted by Crippen LogP contribution is 2.44. The van der Waals surface area contributed by atoms with Crippen LogP contribution < -0.4 is 0 Å². The molecule has 1 aromatic carbocycles. The molecule has 0 saturated heterocycles. The van der Waals surface area contributed by atoms with E-state index < -0.39 is 11.5 Å². The van der Waals surface area contributed by atoms with Crippen LogP contribution in [0.15, 0.2) is 36.4 Å². The third-order valence-corrected chi connectivity index (χ3v) is 4.24. The molecular weight excluding hydrogens is 292 g/mol. The molecule has 4 heteroatoms. The molecule has 0 spiro atoms. The Morgan fingerprint density at radius 1 is 1.39 bits per heavy atom. The van der Waals surface area contributed by atoms with Crippen LogP contribution in [0.5, 0.6) is 0 Å². The van der Waals surface area contributed by atoms with Crippen LogP contribution in [0.4, 0.5) is 0 Å². The molecule has 0 unspecified atom stereocenters. The van der Waals surface area contributed by atoms with Gasteiger partial charge in [-0.1, -0.05) is 50.3 Å². The van der Waals surface area contributed by atoms with E-state index in [1.165, 1.54) is 7.11 Å². The minimum absolute atomic E-state index is 0.180. The van der Waals surface area contributed by atoms with Crippen LogP contribution in [0.3, 0.4) is 0 Å². The molecular formula is C19H26O4. The Bertz CT molecular complexity index is 578. The summed E-state index contributed by atoms with van der Waals surface area (Å²) in [6, 6.07) is 7.94. The van der Waals surface area contributed by atoms with Gasteiger partial charge in [-0.05, 0) is 25.0 Å². The van der Waals surface area contributed by atoms with Crippen molar-refractivity contribution >= 4 is 5.97 Å². The maximum atomic E-state index is 12.5. The van der Waals surface area contributed by atoms with Crippen molar-refractivity contribution < 1.29 is 19.0 Å². The van der Waals surface area contributed by atoms with Gasteiger partial charge in [-0.25, -0.2) is 0 Å². The zero-order valence-corrected chi connectivity index (χ0v) is 14.5. The van der Waals surface area contributed by atoms with Crippen LogP contribution in [0, 0.1) is 11.3 Å². The lowest BCUT2D eigenvalue weighted by Crippen LogP contribution is -2.38. The summed E-state index contributed by atoms with van der Waals surface area (Å²) >= 11 is 0. The van der Waals surface area contributed by atoms with Crippen molar-refractivity contribution in [2.24, 2.45) is 11.3 Å². The summed E-state index contributed by atoms with van der Waals surface area (Å²) in [4.78, 5) is 12.5. The van der Waals surface area contributed by atoms with Crippen molar-refractivity contribution in [2.75, 3.05) is 7.11 Å². The molecule has 0 saturated carbocycles. The molecule has 0 amide bonds. The van der Waals surface area contributed by atoms with Crippen LogP contribution in [0.2, 0.25) is 0 Å². The monoisotopic (exact) mass is 318 g/mol. The summed E-state index contributed by atoms with van der Waals surface area (Å²) in [7, 11) is 1.41. The highest BCUT2D eigenvalue weighted by Gasteiger charge is 2.45. The number of rotatable bonds is 4. The minimum atomic E-state index is -0.916. The molecule has 23 heavy (non-hydrogen) atoms. The van der Waals surface area contributed by atoms with E-state index in [2.05, 4.69) is 0 Å². The second-order valence-corrected chi connectivity index (χ2v) is 6.41. The highest BCUT2D eigenvalue weighted by molar-refractivity contribution is 5.79. The topological polar surface area (TPSA) is 44.8 Å². The highest BCUT2D eigenvalue weighted by atomic mass is 16.7. The predicted octanol–water partition coefficient (Wildman–Crippen LogP) is 4.01. The molecule has 2 rings (SSSR count). The van der Waals surface area contributed by atoms with Gasteiger partial charge in [0.2, 0.25) is 0 Å². The van der Waals surface area contributed by atoms with Gasteiger partial charge in [-0.2, -0.15) is 0 Å². The fourth-order valence-corrected chi connectivity index (χ4v) is 2.98. The molecule has 0 bridgehead atoms. The first-order chi connectivity index (χ1) is 10.9. The number of carbonyl (C=O) groups excluding carboxylic acids is 1. The number of hydrogen-bond acceptors (Lipinski definition) is 4. The third-order valence-electron chi connectivity index (χ3n) is 4.24. The lowest BCUT2D eigenvalue weighted by atomic mass is 9.78. The molecule has 0 N–H and O–H groups in total. The summed E-state index contributed by atoms with van der Waals surface area (Å²) in [6.07, 6.45) is 2.88. The Labute approximate surface area is 138 Å². The van der Waals surface area contributed by atoms with Crippen molar-refractivity contribution in [1.29, 1.82) is 0 Å². The van der Waals surface area contributed by atoms with Crippen LogP contribution >= 0.6 is 0 Å². The van der Waals surface area contributed by atoms with Crippen LogP contribution in [-0.2, 0) is 25.6 Å². The van der Waals surface area contributed by atoms with Gasteiger partial charge in [0.25, 0.3) is 0 Å². The number of fused-ring (bicyclic) bond motifs is 1. The van der Waals surface area contributed by atoms with E-state index >= 15 is 0 Å². The molecule has 4 nitrogen and oxygen atoms in total. The Morgan fingerprint density at radius 2 is 2.09 bits per heavy atom. The second kappa shape index (κ2) is 7.28. The van der Waals surface area contributed by atoms with Gasteiger partial charge in [0.05, 0.1) is 13.7 Å². The van der Waals surface area contributed by atoms with Crippen molar-refractivity contribution in [1.82, 2.24) is 0 Å². The number of ether oxygens (including phenoxy) is 3. The minimum Gasteiger partial charge on any atom is -0.468 e. The summed E-state index contributed by atoms with van der Waals surface area (Å²) in [5.74, 6) is -0.140. The van der Waals surface area contributed by atoms with Gasteiger partial charge < -0.3 is 14.2 Å². The van der Waals surface area contributed by atoms with E-state index in [1.54, 1.807) is 0 Å². The van der Waals surface area contributed by atoms with E-state index in [1.807, 2.05) is 64.1 Å². The van der Waals surface area contributed by atoms with Gasteiger partial charge >= 0.3 is 5.97 Å². The zero-order valence-electron chi connectivity index (χ0n) is 14.5. The summed E-state index contributed by atoms with van der Waals surface area (Å²) in [5, 5.41) is 0. The maximum Gasteiger partial charge on any atom is 0.318 e. The molecule has 0 radical (unpaired) electrons. The van der Waals surface area contributed by atoms with Crippen LogP contribution in [0.25, 0.3) is 0 Å². The van der Waals surface area contributed by atoms with Gasteiger partial charge in [0.15, 0.2) is 6.29 Å². The predicted molar refractivity (Wildman–Crippen MR) is 88.6 cm³/mol. The smallest absolute Gasteiger partial charge is 0.318 e. The van der Waals surface area contributed by atoms with Gasteiger partial charge in [0, 0.05) is 5.92 Å². The molecule has 0 fully saturated rings. The zero-order chi connectivity index (χ0) is 17.0. The number of esters is 1. The lowest BCUT2D eigenvalue weighted by molar-refractivity contribution is -0.214. The Kier molecular flexibility index (Phi) is 5.60. The van der Waals surface area contributed by atoms with Crippen molar-refractivity contribution in [3.63, 3.8) is 0 Å². The molecule has 1 heterocycles. The Hall–Kier alpha value is -1.65. The molecule has 1 aromatic rings. The fraction of sp³-hybridized carbons (Fsp3) is 0.526. The van der Waals surface area contributed by atoms with Gasteiger partial charge in [-0.3, -0.25) is 4.79 Å². The fourth-order valence-electron chi connectivity index (χ4n) is 2.98. The number of hydrogen-bond donors (Lipinski definition) is 0. The normalized spacial score (nSPS) is 24.1. The average molecular weight is 318 g/mol. The van der Waals surface area contributed by atoms with Crippen LogP contribution in [0.1, 0.15) is 44.9 Å². The van der Waals surface area contributed by atoms with E-state index in [4.69, 9.17) is 14.2 Å². The van der Waals surface area contributed by atoms with Crippen LogP contribution in [-0.4, -0.2) is 19.4 Å².